The van der Waals surface area contributed by atoms with E-state index >= 15 is 0 Å². The fraction of sp³-hybridized carbons (Fsp3) is 0.333. The van der Waals surface area contributed by atoms with Gasteiger partial charge in [-0.15, -0.1) is 24.0 Å². The van der Waals surface area contributed by atoms with Gasteiger partial charge in [0.1, 0.15) is 0 Å². The summed E-state index contributed by atoms with van der Waals surface area (Å²) in [6.07, 6.45) is 0.294. The van der Waals surface area contributed by atoms with E-state index in [9.17, 15) is 4.79 Å². The van der Waals surface area contributed by atoms with Crippen molar-refractivity contribution in [2.75, 3.05) is 32.6 Å². The van der Waals surface area contributed by atoms with Crippen LogP contribution in [0.15, 0.2) is 53.5 Å². The van der Waals surface area contributed by atoms with Gasteiger partial charge in [0.05, 0.1) is 6.10 Å². The molecule has 156 valence electrons. The number of ether oxygens (including phenoxy) is 1. The second kappa shape index (κ2) is 11.4. The number of fused-ring (bicyclic) bond motifs is 1. The fourth-order valence-electron chi connectivity index (χ4n) is 3.36. The van der Waals surface area contributed by atoms with Gasteiger partial charge in [0.25, 0.3) is 0 Å². The molecule has 1 heterocycles. The van der Waals surface area contributed by atoms with Crippen LogP contribution in [0.25, 0.3) is 0 Å². The van der Waals surface area contributed by atoms with Gasteiger partial charge in [0.15, 0.2) is 5.96 Å². The van der Waals surface area contributed by atoms with Gasteiger partial charge in [-0.05, 0) is 29.3 Å². The molecule has 2 aromatic carbocycles. The molecule has 2 unspecified atom stereocenters. The van der Waals surface area contributed by atoms with Crippen molar-refractivity contribution in [3.8, 4) is 0 Å². The van der Waals surface area contributed by atoms with Crippen LogP contribution in [0.4, 0.5) is 5.69 Å². The second-order valence-electron chi connectivity index (χ2n) is 6.65. The highest BCUT2D eigenvalue weighted by Crippen LogP contribution is 2.31. The van der Waals surface area contributed by atoms with Crippen LogP contribution in [-0.4, -0.2) is 39.1 Å². The van der Waals surface area contributed by atoms with Crippen molar-refractivity contribution in [2.45, 2.75) is 18.4 Å². The van der Waals surface area contributed by atoms with Crippen molar-refractivity contribution in [3.05, 3.63) is 64.7 Å². The van der Waals surface area contributed by atoms with E-state index in [1.165, 1.54) is 0 Å². The molecular weight excluding hydrogens is 503 g/mol. The lowest BCUT2D eigenvalue weighted by Gasteiger charge is -2.26. The summed E-state index contributed by atoms with van der Waals surface area (Å²) in [5.41, 5.74) is 3.02. The molecule has 1 aliphatic heterocycles. The Bertz CT molecular complexity index is 862. The van der Waals surface area contributed by atoms with Crippen LogP contribution in [0, 0.1) is 0 Å². The lowest BCUT2D eigenvalue weighted by molar-refractivity contribution is -0.116. The van der Waals surface area contributed by atoms with Gasteiger partial charge >= 0.3 is 0 Å². The third-order valence-corrected chi connectivity index (χ3v) is 5.04. The molecule has 2 aromatic rings. The number of aliphatic imine (C=N–C) groups is 1. The van der Waals surface area contributed by atoms with Crippen LogP contribution < -0.4 is 16.0 Å². The predicted octanol–water partition coefficient (Wildman–Crippen LogP) is 3.94. The quantitative estimate of drug-likeness (QED) is 0.302. The molecule has 8 heteroatoms. The van der Waals surface area contributed by atoms with Crippen molar-refractivity contribution in [3.63, 3.8) is 0 Å². The summed E-state index contributed by atoms with van der Waals surface area (Å²) in [6, 6.07) is 15.5. The SMILES string of the molecule is CN=C(NCC1CC(=O)Nc2ccccc21)NCC(OC)c1cccc(Cl)c1.I. The van der Waals surface area contributed by atoms with E-state index in [-0.39, 0.29) is 41.9 Å². The molecule has 0 aromatic heterocycles. The molecule has 3 N–H and O–H groups in total. The summed E-state index contributed by atoms with van der Waals surface area (Å²) in [5, 5.41) is 10.2. The summed E-state index contributed by atoms with van der Waals surface area (Å²) < 4.78 is 5.58. The Morgan fingerprint density at radius 2 is 2.07 bits per heavy atom. The average molecular weight is 529 g/mol. The number of para-hydroxylation sites is 1. The van der Waals surface area contributed by atoms with E-state index in [4.69, 9.17) is 16.3 Å². The Morgan fingerprint density at radius 3 is 2.79 bits per heavy atom. The van der Waals surface area contributed by atoms with E-state index in [0.29, 0.717) is 30.5 Å². The molecular formula is C21H26ClIN4O2. The average Bonchev–Trinajstić information content (AvgIpc) is 2.70. The second-order valence-corrected chi connectivity index (χ2v) is 7.09. The predicted molar refractivity (Wildman–Crippen MR) is 128 cm³/mol. The lowest BCUT2D eigenvalue weighted by Crippen LogP contribution is -2.42. The van der Waals surface area contributed by atoms with Gasteiger partial charge in [-0.25, -0.2) is 0 Å². The maximum atomic E-state index is 12.0. The third kappa shape index (κ3) is 6.32. The Kier molecular flexibility index (Phi) is 9.19. The van der Waals surface area contributed by atoms with Crippen LogP contribution >= 0.6 is 35.6 Å². The van der Waals surface area contributed by atoms with Crippen LogP contribution in [-0.2, 0) is 9.53 Å². The Morgan fingerprint density at radius 1 is 1.28 bits per heavy atom. The summed E-state index contributed by atoms with van der Waals surface area (Å²) in [7, 11) is 3.39. The molecule has 1 aliphatic rings. The number of nitrogens with one attached hydrogen (secondary N) is 3. The lowest BCUT2D eigenvalue weighted by atomic mass is 9.90. The van der Waals surface area contributed by atoms with E-state index in [2.05, 4.69) is 27.0 Å². The molecule has 6 nitrogen and oxygen atoms in total. The van der Waals surface area contributed by atoms with Gasteiger partial charge < -0.3 is 20.7 Å². The molecule has 0 saturated heterocycles. The van der Waals surface area contributed by atoms with E-state index in [1.807, 2.05) is 42.5 Å². The highest BCUT2D eigenvalue weighted by molar-refractivity contribution is 14.0. The molecule has 1 amide bonds. The number of carbonyl (C=O) groups excluding carboxylic acids is 1. The number of anilines is 1. The highest BCUT2D eigenvalue weighted by atomic mass is 127. The fourth-order valence-corrected chi connectivity index (χ4v) is 3.56. The molecule has 0 fully saturated rings. The van der Waals surface area contributed by atoms with Crippen molar-refractivity contribution < 1.29 is 9.53 Å². The first-order valence-corrected chi connectivity index (χ1v) is 9.60. The topological polar surface area (TPSA) is 74.8 Å². The number of amides is 1. The maximum Gasteiger partial charge on any atom is 0.225 e. The molecule has 0 aliphatic carbocycles. The zero-order valence-electron chi connectivity index (χ0n) is 16.4. The number of benzene rings is 2. The van der Waals surface area contributed by atoms with Gasteiger partial charge in [-0.1, -0.05) is 41.9 Å². The molecule has 0 spiro atoms. The van der Waals surface area contributed by atoms with Crippen molar-refractivity contribution in [1.29, 1.82) is 0 Å². The third-order valence-electron chi connectivity index (χ3n) is 4.81. The van der Waals surface area contributed by atoms with Crippen LogP contribution in [0.2, 0.25) is 5.02 Å². The molecule has 0 radical (unpaired) electrons. The van der Waals surface area contributed by atoms with Crippen molar-refractivity contribution >= 4 is 53.1 Å². The van der Waals surface area contributed by atoms with Crippen LogP contribution in [0.5, 0.6) is 0 Å². The first kappa shape index (κ1) is 23.4. The molecule has 3 rings (SSSR count). The van der Waals surface area contributed by atoms with E-state index in [1.54, 1.807) is 14.2 Å². The van der Waals surface area contributed by atoms with Crippen LogP contribution in [0.1, 0.15) is 29.6 Å². The monoisotopic (exact) mass is 528 g/mol. The summed E-state index contributed by atoms with van der Waals surface area (Å²) in [6.45, 7) is 1.15. The number of carbonyl (C=O) groups is 1. The van der Waals surface area contributed by atoms with Crippen LogP contribution in [0.3, 0.4) is 0 Å². The van der Waals surface area contributed by atoms with Gasteiger partial charge in [0.2, 0.25) is 5.91 Å². The van der Waals surface area contributed by atoms with Gasteiger partial charge in [0, 0.05) is 50.3 Å². The summed E-state index contributed by atoms with van der Waals surface area (Å²) in [5.74, 6) is 0.788. The molecule has 0 bridgehead atoms. The van der Waals surface area contributed by atoms with E-state index < -0.39 is 0 Å². The first-order valence-electron chi connectivity index (χ1n) is 9.22. The number of halogens is 2. The normalized spacial score (nSPS) is 16.9. The summed E-state index contributed by atoms with van der Waals surface area (Å²) >= 11 is 6.08. The minimum Gasteiger partial charge on any atom is -0.375 e. The highest BCUT2D eigenvalue weighted by Gasteiger charge is 2.24. The molecule has 29 heavy (non-hydrogen) atoms. The summed E-state index contributed by atoms with van der Waals surface area (Å²) in [4.78, 5) is 16.3. The van der Waals surface area contributed by atoms with Gasteiger partial charge in [-0.2, -0.15) is 0 Å². The van der Waals surface area contributed by atoms with Gasteiger partial charge in [-0.3, -0.25) is 9.79 Å². The largest absolute Gasteiger partial charge is 0.375 e. The van der Waals surface area contributed by atoms with Crippen molar-refractivity contribution in [1.82, 2.24) is 10.6 Å². The number of methoxy groups -OCH3 is 1. The minimum absolute atomic E-state index is 0. The minimum atomic E-state index is -0.154. The Labute approximate surface area is 193 Å². The molecule has 2 atom stereocenters. The molecule has 0 saturated carbocycles. The van der Waals surface area contributed by atoms with Crippen molar-refractivity contribution in [2.24, 2.45) is 4.99 Å². The number of nitrogens with zero attached hydrogens (tertiary/aromatic N) is 1. The maximum absolute atomic E-state index is 12.0. The number of hydrogen-bond acceptors (Lipinski definition) is 3. The zero-order chi connectivity index (χ0) is 19.9. The number of hydrogen-bond donors (Lipinski definition) is 3. The Hall–Kier alpha value is -1.84. The van der Waals surface area contributed by atoms with E-state index in [0.717, 1.165) is 16.8 Å². The zero-order valence-corrected chi connectivity index (χ0v) is 19.5. The standard InChI is InChI=1S/C21H25ClN4O2.HI/c1-23-21(25-13-19(28-2)14-6-5-7-16(22)10-14)24-12-15-11-20(27)26-18-9-4-3-8-17(15)18;/h3-10,15,19H,11-13H2,1-2H3,(H,26,27)(H2,23,24,25);1H. The Balaban J connectivity index is 0.00000300. The first-order chi connectivity index (χ1) is 13.6. The number of guanidine groups is 1. The smallest absolute Gasteiger partial charge is 0.225 e. The number of rotatable bonds is 6.